The highest BCUT2D eigenvalue weighted by atomic mass is 32.2. The third-order valence-corrected chi connectivity index (χ3v) is 5.55. The molecule has 1 aliphatic carbocycles. The Hall–Kier alpha value is -3.07. The Balaban J connectivity index is 1.37. The summed E-state index contributed by atoms with van der Waals surface area (Å²) < 4.78 is 12.5. The molecule has 1 aliphatic rings. The molecular weight excluding hydrogens is 404 g/mol. The molecule has 1 amide bonds. The van der Waals surface area contributed by atoms with Gasteiger partial charge in [-0.2, -0.15) is 0 Å². The molecule has 0 radical (unpaired) electrons. The van der Waals surface area contributed by atoms with Crippen molar-refractivity contribution in [3.05, 3.63) is 54.3 Å². The number of rotatable bonds is 10. The molecule has 30 heavy (non-hydrogen) atoms. The van der Waals surface area contributed by atoms with Crippen LogP contribution in [0.5, 0.6) is 0 Å². The number of carbonyl (C=O) groups excluding carboxylic acids is 2. The summed E-state index contributed by atoms with van der Waals surface area (Å²) in [6.07, 6.45) is 3.80. The summed E-state index contributed by atoms with van der Waals surface area (Å²) >= 11 is 1.26. The van der Waals surface area contributed by atoms with Gasteiger partial charge in [0.25, 0.3) is 0 Å². The minimum atomic E-state index is -0.410. The molecular formula is C21H22N4O4S. The van der Waals surface area contributed by atoms with Crippen LogP contribution in [-0.4, -0.2) is 45.5 Å². The minimum Gasteiger partial charge on any atom is -0.464 e. The summed E-state index contributed by atoms with van der Waals surface area (Å²) in [7, 11) is 0. The van der Waals surface area contributed by atoms with Gasteiger partial charge in [0.15, 0.2) is 10.9 Å². The number of hydrogen-bond acceptors (Lipinski definition) is 7. The highest BCUT2D eigenvalue weighted by Gasteiger charge is 2.23. The zero-order chi connectivity index (χ0) is 20.8. The summed E-state index contributed by atoms with van der Waals surface area (Å²) in [4.78, 5) is 23.8. The number of benzene rings is 1. The molecule has 156 valence electrons. The quantitative estimate of drug-likeness (QED) is 0.393. The van der Waals surface area contributed by atoms with Gasteiger partial charge in [-0.15, -0.1) is 10.2 Å². The number of furan rings is 1. The molecule has 9 heteroatoms. The van der Waals surface area contributed by atoms with Crippen LogP contribution in [0.4, 0.5) is 0 Å². The number of nitrogens with zero attached hydrogens (tertiary/aromatic N) is 3. The molecule has 1 saturated carbocycles. The average Bonchev–Trinajstić information content (AvgIpc) is 3.27. The number of thioether (sulfide) groups is 1. The third kappa shape index (κ3) is 5.50. The van der Waals surface area contributed by atoms with Gasteiger partial charge in [0.05, 0.1) is 25.2 Å². The van der Waals surface area contributed by atoms with E-state index in [4.69, 9.17) is 9.15 Å². The second-order valence-electron chi connectivity index (χ2n) is 7.05. The van der Waals surface area contributed by atoms with Gasteiger partial charge in [0, 0.05) is 0 Å². The van der Waals surface area contributed by atoms with Crippen molar-refractivity contribution in [2.45, 2.75) is 24.5 Å². The fourth-order valence-electron chi connectivity index (χ4n) is 2.79. The lowest BCUT2D eigenvalue weighted by atomic mass is 10.2. The highest BCUT2D eigenvalue weighted by Crippen LogP contribution is 2.28. The largest absolute Gasteiger partial charge is 0.464 e. The van der Waals surface area contributed by atoms with Crippen molar-refractivity contribution < 1.29 is 18.7 Å². The first kappa shape index (κ1) is 20.2. The maximum atomic E-state index is 12.2. The Labute approximate surface area is 178 Å². The molecule has 4 rings (SSSR count). The van der Waals surface area contributed by atoms with E-state index in [9.17, 15) is 9.59 Å². The van der Waals surface area contributed by atoms with Gasteiger partial charge in [-0.25, -0.2) is 0 Å². The van der Waals surface area contributed by atoms with Gasteiger partial charge in [-0.05, 0) is 36.5 Å². The molecule has 1 aromatic carbocycles. The molecule has 0 bridgehead atoms. The summed E-state index contributed by atoms with van der Waals surface area (Å²) in [5.74, 6) is 1.13. The Morgan fingerprint density at radius 1 is 1.17 bits per heavy atom. The lowest BCUT2D eigenvalue weighted by Crippen LogP contribution is -2.32. The number of aromatic nitrogens is 3. The molecule has 1 N–H and O–H groups in total. The molecule has 0 aliphatic heterocycles. The predicted octanol–water partition coefficient (Wildman–Crippen LogP) is 2.75. The van der Waals surface area contributed by atoms with Gasteiger partial charge in [0.1, 0.15) is 6.54 Å². The van der Waals surface area contributed by atoms with Crippen molar-refractivity contribution >= 4 is 23.6 Å². The number of nitrogens with one attached hydrogen (secondary N) is 1. The topological polar surface area (TPSA) is 99.3 Å². The second kappa shape index (κ2) is 9.62. The van der Waals surface area contributed by atoms with Crippen LogP contribution in [-0.2, 0) is 20.9 Å². The minimum absolute atomic E-state index is 0.112. The van der Waals surface area contributed by atoms with E-state index in [1.54, 1.807) is 12.3 Å². The Kier molecular flexibility index (Phi) is 6.48. The van der Waals surface area contributed by atoms with E-state index >= 15 is 0 Å². The molecule has 8 nitrogen and oxygen atoms in total. The number of amides is 1. The van der Waals surface area contributed by atoms with E-state index in [2.05, 4.69) is 15.5 Å². The van der Waals surface area contributed by atoms with E-state index in [0.29, 0.717) is 35.8 Å². The molecule has 1 fully saturated rings. The van der Waals surface area contributed by atoms with Crippen molar-refractivity contribution in [3.63, 3.8) is 0 Å². The molecule has 3 aromatic rings. The molecule has 2 aromatic heterocycles. The van der Waals surface area contributed by atoms with E-state index < -0.39 is 5.97 Å². The Morgan fingerprint density at radius 3 is 2.73 bits per heavy atom. The van der Waals surface area contributed by atoms with Crippen molar-refractivity contribution in [2.75, 3.05) is 18.9 Å². The maximum absolute atomic E-state index is 12.2. The standard InChI is InChI=1S/C21H22N4O4S/c26-18(22-11-19(27)29-13-16-8-9-16)14-30-21-24-23-20(17-7-4-10-28-17)25(21)12-15-5-2-1-3-6-15/h1-7,10,16H,8-9,11-14H2,(H,22,26). The van der Waals surface area contributed by atoms with Crippen LogP contribution >= 0.6 is 11.8 Å². The van der Waals surface area contributed by atoms with E-state index in [1.807, 2.05) is 41.0 Å². The molecule has 0 saturated heterocycles. The molecule has 0 spiro atoms. The summed E-state index contributed by atoms with van der Waals surface area (Å²) in [5.41, 5.74) is 1.08. The van der Waals surface area contributed by atoms with Crippen molar-refractivity contribution in [3.8, 4) is 11.6 Å². The van der Waals surface area contributed by atoms with Gasteiger partial charge in [0.2, 0.25) is 11.7 Å². The maximum Gasteiger partial charge on any atom is 0.325 e. The number of carbonyl (C=O) groups is 2. The monoisotopic (exact) mass is 426 g/mol. The van der Waals surface area contributed by atoms with Crippen LogP contribution in [0.25, 0.3) is 11.6 Å². The van der Waals surface area contributed by atoms with Gasteiger partial charge in [-0.3, -0.25) is 14.2 Å². The summed E-state index contributed by atoms with van der Waals surface area (Å²) in [6.45, 7) is 0.864. The van der Waals surface area contributed by atoms with E-state index in [-0.39, 0.29) is 18.2 Å². The van der Waals surface area contributed by atoms with Crippen molar-refractivity contribution in [2.24, 2.45) is 5.92 Å². The van der Waals surface area contributed by atoms with Crippen LogP contribution < -0.4 is 5.32 Å². The van der Waals surface area contributed by atoms with Crippen LogP contribution in [0.2, 0.25) is 0 Å². The van der Waals surface area contributed by atoms with Crippen LogP contribution in [0, 0.1) is 5.92 Å². The smallest absolute Gasteiger partial charge is 0.325 e. The average molecular weight is 426 g/mol. The first-order chi connectivity index (χ1) is 14.7. The highest BCUT2D eigenvalue weighted by molar-refractivity contribution is 7.99. The zero-order valence-corrected chi connectivity index (χ0v) is 17.1. The van der Waals surface area contributed by atoms with Crippen LogP contribution in [0.1, 0.15) is 18.4 Å². The van der Waals surface area contributed by atoms with Crippen LogP contribution in [0.3, 0.4) is 0 Å². The first-order valence-corrected chi connectivity index (χ1v) is 10.7. The normalized spacial score (nSPS) is 13.2. The van der Waals surface area contributed by atoms with E-state index in [0.717, 1.165) is 18.4 Å². The molecule has 2 heterocycles. The van der Waals surface area contributed by atoms with Crippen molar-refractivity contribution in [1.29, 1.82) is 0 Å². The fourth-order valence-corrected chi connectivity index (χ4v) is 3.56. The van der Waals surface area contributed by atoms with Gasteiger partial charge < -0.3 is 14.5 Å². The van der Waals surface area contributed by atoms with Gasteiger partial charge >= 0.3 is 5.97 Å². The summed E-state index contributed by atoms with van der Waals surface area (Å²) in [5, 5.41) is 11.7. The molecule has 0 atom stereocenters. The Bertz CT molecular complexity index is 984. The number of hydrogen-bond donors (Lipinski definition) is 1. The molecule has 0 unspecified atom stereocenters. The Morgan fingerprint density at radius 2 is 2.00 bits per heavy atom. The summed E-state index contributed by atoms with van der Waals surface area (Å²) in [6, 6.07) is 13.5. The fraction of sp³-hybridized carbons (Fsp3) is 0.333. The number of ether oxygens (including phenoxy) is 1. The van der Waals surface area contributed by atoms with Gasteiger partial charge in [-0.1, -0.05) is 42.1 Å². The first-order valence-electron chi connectivity index (χ1n) is 9.75. The predicted molar refractivity (Wildman–Crippen MR) is 111 cm³/mol. The second-order valence-corrected chi connectivity index (χ2v) is 7.99. The lowest BCUT2D eigenvalue weighted by Gasteiger charge is -2.09. The number of esters is 1. The SMILES string of the molecule is O=C(CSc1nnc(-c2ccco2)n1Cc1ccccc1)NCC(=O)OCC1CC1. The lowest BCUT2D eigenvalue weighted by molar-refractivity contribution is -0.144. The van der Waals surface area contributed by atoms with Crippen molar-refractivity contribution in [1.82, 2.24) is 20.1 Å². The third-order valence-electron chi connectivity index (χ3n) is 4.58. The van der Waals surface area contributed by atoms with Crippen LogP contribution in [0.15, 0.2) is 58.3 Å². The zero-order valence-electron chi connectivity index (χ0n) is 16.3. The van der Waals surface area contributed by atoms with E-state index in [1.165, 1.54) is 11.8 Å².